The molecule has 1 aromatic heterocycles. The van der Waals surface area contributed by atoms with Crippen LogP contribution in [0.25, 0.3) is 0 Å². The van der Waals surface area contributed by atoms with Crippen LogP contribution in [-0.2, 0) is 6.61 Å². The normalized spacial score (nSPS) is 15.1. The molecule has 148 valence electrons. The summed E-state index contributed by atoms with van der Waals surface area (Å²) in [4.78, 5) is 22.3. The highest BCUT2D eigenvalue weighted by atomic mass is 16.5. The summed E-state index contributed by atoms with van der Waals surface area (Å²) in [5, 5.41) is 9.50. The number of fused-ring (bicyclic) bond motifs is 1. The molecule has 0 fully saturated rings. The number of rotatable bonds is 6. The summed E-state index contributed by atoms with van der Waals surface area (Å²) in [7, 11) is 1.60. The van der Waals surface area contributed by atoms with Gasteiger partial charge in [-0.3, -0.25) is 0 Å². The Labute approximate surface area is 168 Å². The number of aromatic carboxylic acids is 1. The molecule has 0 saturated carbocycles. The monoisotopic (exact) mass is 391 g/mol. The molecule has 3 aromatic rings. The van der Waals surface area contributed by atoms with Crippen LogP contribution in [0.2, 0.25) is 0 Å². The van der Waals surface area contributed by atoms with Crippen molar-refractivity contribution in [2.75, 3.05) is 18.6 Å². The summed E-state index contributed by atoms with van der Waals surface area (Å²) >= 11 is 0. The lowest BCUT2D eigenvalue weighted by Gasteiger charge is -2.18. The van der Waals surface area contributed by atoms with Crippen molar-refractivity contribution in [3.63, 3.8) is 0 Å². The molecule has 1 aliphatic rings. The molecule has 0 saturated heterocycles. The topological polar surface area (TPSA) is 84.8 Å². The number of aromatic nitrogens is 2. The number of anilines is 2. The number of hydrogen-bond donors (Lipinski definition) is 1. The van der Waals surface area contributed by atoms with Crippen LogP contribution in [-0.4, -0.2) is 34.7 Å². The lowest BCUT2D eigenvalue weighted by Crippen LogP contribution is -2.19. The van der Waals surface area contributed by atoms with Crippen LogP contribution in [0, 0.1) is 0 Å². The second-order valence-electron chi connectivity index (χ2n) is 6.90. The minimum absolute atomic E-state index is 0.0513. The van der Waals surface area contributed by atoms with E-state index < -0.39 is 5.97 Å². The zero-order chi connectivity index (χ0) is 20.4. The first-order chi connectivity index (χ1) is 14.1. The van der Waals surface area contributed by atoms with E-state index >= 15 is 0 Å². The number of nitrogens with zero attached hydrogens (tertiary/aromatic N) is 3. The van der Waals surface area contributed by atoms with E-state index in [4.69, 9.17) is 9.47 Å². The van der Waals surface area contributed by atoms with Gasteiger partial charge < -0.3 is 19.5 Å². The number of carbonyl (C=O) groups is 1. The van der Waals surface area contributed by atoms with Crippen molar-refractivity contribution in [1.29, 1.82) is 0 Å². The molecule has 1 N–H and O–H groups in total. The molecule has 29 heavy (non-hydrogen) atoms. The maximum absolute atomic E-state index is 11.6. The number of ether oxygens (including phenoxy) is 2. The van der Waals surface area contributed by atoms with Gasteiger partial charge in [0.15, 0.2) is 0 Å². The number of carboxylic acids is 1. The Kier molecular flexibility index (Phi) is 5.03. The Morgan fingerprint density at radius 2 is 1.97 bits per heavy atom. The Morgan fingerprint density at radius 1 is 1.21 bits per heavy atom. The summed E-state index contributed by atoms with van der Waals surface area (Å²) in [6.07, 6.45) is 1.31. The zero-order valence-corrected chi connectivity index (χ0v) is 16.2. The number of carboxylic acid groups (broad SMARTS) is 1. The van der Waals surface area contributed by atoms with Gasteiger partial charge in [-0.25, -0.2) is 9.78 Å². The Morgan fingerprint density at radius 3 is 2.69 bits per heavy atom. The standard InChI is InChI=1S/C22H21N3O4/c1-14-12-25(19-6-4-3-5-17(14)19)22-23-11-18(21(26)27)20(24-22)29-13-15-7-9-16(28-2)10-8-15/h3-11,14H,12-13H2,1-2H3,(H,26,27). The van der Waals surface area contributed by atoms with Crippen molar-refractivity contribution >= 4 is 17.6 Å². The molecule has 0 bridgehead atoms. The van der Waals surface area contributed by atoms with Crippen molar-refractivity contribution in [3.05, 3.63) is 71.4 Å². The molecule has 4 rings (SSSR count). The predicted octanol–water partition coefficient (Wildman–Crippen LogP) is 4.02. The fourth-order valence-electron chi connectivity index (χ4n) is 3.43. The SMILES string of the molecule is COc1ccc(COc2nc(N3CC(C)c4ccccc43)ncc2C(=O)O)cc1. The van der Waals surface area contributed by atoms with E-state index in [1.807, 2.05) is 47.4 Å². The second kappa shape index (κ2) is 7.79. The Balaban J connectivity index is 1.62. The molecule has 1 atom stereocenters. The highest BCUT2D eigenvalue weighted by molar-refractivity contribution is 5.90. The lowest BCUT2D eigenvalue weighted by atomic mass is 10.0. The average molecular weight is 391 g/mol. The molecular weight excluding hydrogens is 370 g/mol. The average Bonchev–Trinajstić information content (AvgIpc) is 3.09. The maximum Gasteiger partial charge on any atom is 0.342 e. The third-order valence-corrected chi connectivity index (χ3v) is 4.96. The first-order valence-electron chi connectivity index (χ1n) is 9.29. The highest BCUT2D eigenvalue weighted by Gasteiger charge is 2.29. The number of para-hydroxylation sites is 1. The second-order valence-corrected chi connectivity index (χ2v) is 6.90. The molecule has 0 amide bonds. The smallest absolute Gasteiger partial charge is 0.342 e. The molecule has 0 radical (unpaired) electrons. The predicted molar refractivity (Wildman–Crippen MR) is 108 cm³/mol. The summed E-state index contributed by atoms with van der Waals surface area (Å²) < 4.78 is 10.9. The number of methoxy groups -OCH3 is 1. The van der Waals surface area contributed by atoms with E-state index in [0.717, 1.165) is 23.5 Å². The largest absolute Gasteiger partial charge is 0.497 e. The number of hydrogen-bond acceptors (Lipinski definition) is 6. The van der Waals surface area contributed by atoms with E-state index in [9.17, 15) is 9.90 Å². The Bertz CT molecular complexity index is 1040. The third-order valence-electron chi connectivity index (χ3n) is 4.96. The van der Waals surface area contributed by atoms with Crippen LogP contribution in [0.3, 0.4) is 0 Å². The first-order valence-corrected chi connectivity index (χ1v) is 9.29. The lowest BCUT2D eigenvalue weighted by molar-refractivity contribution is 0.0690. The summed E-state index contributed by atoms with van der Waals surface area (Å²) in [5.74, 6) is 0.423. The summed E-state index contributed by atoms with van der Waals surface area (Å²) in [6.45, 7) is 3.06. The van der Waals surface area contributed by atoms with Crippen molar-refractivity contribution in [1.82, 2.24) is 9.97 Å². The third kappa shape index (κ3) is 3.71. The fraction of sp³-hybridized carbons (Fsp3) is 0.227. The van der Waals surface area contributed by atoms with E-state index in [1.165, 1.54) is 11.8 Å². The van der Waals surface area contributed by atoms with Gasteiger partial charge in [0.25, 0.3) is 0 Å². The van der Waals surface area contributed by atoms with Crippen LogP contribution in [0.15, 0.2) is 54.7 Å². The highest BCUT2D eigenvalue weighted by Crippen LogP contribution is 2.39. The molecular formula is C22H21N3O4. The molecule has 2 heterocycles. The van der Waals surface area contributed by atoms with Crippen LogP contribution in [0.1, 0.15) is 34.3 Å². The molecule has 1 aliphatic heterocycles. The van der Waals surface area contributed by atoms with Gasteiger partial charge in [-0.1, -0.05) is 37.3 Å². The van der Waals surface area contributed by atoms with Crippen LogP contribution < -0.4 is 14.4 Å². The van der Waals surface area contributed by atoms with Gasteiger partial charge in [0.2, 0.25) is 11.8 Å². The molecule has 2 aromatic carbocycles. The minimum Gasteiger partial charge on any atom is -0.497 e. The van der Waals surface area contributed by atoms with Crippen LogP contribution >= 0.6 is 0 Å². The number of benzene rings is 2. The van der Waals surface area contributed by atoms with Crippen LogP contribution in [0.4, 0.5) is 11.6 Å². The van der Waals surface area contributed by atoms with Crippen molar-refractivity contribution in [3.8, 4) is 11.6 Å². The van der Waals surface area contributed by atoms with Crippen molar-refractivity contribution in [2.24, 2.45) is 0 Å². The summed E-state index contributed by atoms with van der Waals surface area (Å²) in [5.41, 5.74) is 3.06. The van der Waals surface area contributed by atoms with Gasteiger partial charge in [0.1, 0.15) is 17.9 Å². The molecule has 7 heteroatoms. The van der Waals surface area contributed by atoms with Crippen LogP contribution in [0.5, 0.6) is 11.6 Å². The van der Waals surface area contributed by atoms with E-state index in [1.54, 1.807) is 7.11 Å². The molecule has 1 unspecified atom stereocenters. The van der Waals surface area contributed by atoms with Gasteiger partial charge in [0, 0.05) is 18.2 Å². The first kappa shape index (κ1) is 18.7. The van der Waals surface area contributed by atoms with Gasteiger partial charge in [-0.05, 0) is 29.3 Å². The van der Waals surface area contributed by atoms with E-state index in [-0.39, 0.29) is 18.1 Å². The maximum atomic E-state index is 11.6. The molecule has 0 aliphatic carbocycles. The summed E-state index contributed by atoms with van der Waals surface area (Å²) in [6, 6.07) is 15.5. The van der Waals surface area contributed by atoms with Gasteiger partial charge in [-0.15, -0.1) is 0 Å². The van der Waals surface area contributed by atoms with E-state index in [2.05, 4.69) is 23.0 Å². The van der Waals surface area contributed by atoms with Crippen molar-refractivity contribution in [2.45, 2.75) is 19.4 Å². The van der Waals surface area contributed by atoms with E-state index in [0.29, 0.717) is 11.9 Å². The van der Waals surface area contributed by atoms with Gasteiger partial charge in [0.05, 0.1) is 13.3 Å². The quantitative estimate of drug-likeness (QED) is 0.679. The molecule has 7 nitrogen and oxygen atoms in total. The molecule has 0 spiro atoms. The van der Waals surface area contributed by atoms with Gasteiger partial charge >= 0.3 is 5.97 Å². The zero-order valence-electron chi connectivity index (χ0n) is 16.2. The van der Waals surface area contributed by atoms with Gasteiger partial charge in [-0.2, -0.15) is 4.98 Å². The minimum atomic E-state index is -1.13. The van der Waals surface area contributed by atoms with Crippen molar-refractivity contribution < 1.29 is 19.4 Å². The Hall–Kier alpha value is -3.61. The fourth-order valence-corrected chi connectivity index (χ4v) is 3.43.